The topological polar surface area (TPSA) is 21.1 Å². The van der Waals surface area contributed by atoms with E-state index in [0.29, 0.717) is 0 Å². The summed E-state index contributed by atoms with van der Waals surface area (Å²) in [5, 5.41) is 2.40. The van der Waals surface area contributed by atoms with Gasteiger partial charge in [0.05, 0.1) is 16.7 Å². The third-order valence-electron chi connectivity index (χ3n) is 9.79. The summed E-state index contributed by atoms with van der Waals surface area (Å²) >= 11 is 0. The first-order valence-electron chi connectivity index (χ1n) is 17.4. The van der Waals surface area contributed by atoms with E-state index in [0.717, 1.165) is 68.3 Å². The highest BCUT2D eigenvalue weighted by molar-refractivity contribution is 6.10. The van der Waals surface area contributed by atoms with Crippen LogP contribution in [0.15, 0.2) is 195 Å². The van der Waals surface area contributed by atoms with Crippen LogP contribution in [-0.2, 0) is 0 Å². The Hall–Kier alpha value is -6.71. The van der Waals surface area contributed by atoms with Crippen molar-refractivity contribution in [2.24, 2.45) is 0 Å². The average Bonchev–Trinajstić information content (AvgIpc) is 3.56. The Morgan fingerprint density at radius 1 is 0.510 bits per heavy atom. The highest BCUT2D eigenvalue weighted by Gasteiger charge is 2.18. The second kappa shape index (κ2) is 13.0. The summed E-state index contributed by atoms with van der Waals surface area (Å²) in [4.78, 5) is 7.51. The van der Waals surface area contributed by atoms with Gasteiger partial charge in [0.1, 0.15) is 5.82 Å². The van der Waals surface area contributed by atoms with E-state index in [9.17, 15) is 0 Å². The molecule has 3 heterocycles. The van der Waals surface area contributed by atoms with E-state index in [1.54, 1.807) is 0 Å². The molecule has 6 aromatic carbocycles. The molecular formula is C48H35N3. The van der Waals surface area contributed by atoms with Crippen molar-refractivity contribution in [3.63, 3.8) is 0 Å². The van der Waals surface area contributed by atoms with Crippen LogP contribution in [0.4, 0.5) is 11.4 Å². The molecular weight excluding hydrogens is 619 g/mol. The molecule has 0 bridgehead atoms. The van der Waals surface area contributed by atoms with E-state index in [-0.39, 0.29) is 0 Å². The number of nitrogens with zero attached hydrogens (tertiary/aromatic N) is 3. The van der Waals surface area contributed by atoms with E-state index < -0.39 is 0 Å². The predicted molar refractivity (Wildman–Crippen MR) is 216 cm³/mol. The van der Waals surface area contributed by atoms with Crippen LogP contribution in [0.5, 0.6) is 0 Å². The second-order valence-corrected chi connectivity index (χ2v) is 12.9. The number of fused-ring (bicyclic) bond motifs is 4. The second-order valence-electron chi connectivity index (χ2n) is 12.9. The Kier molecular flexibility index (Phi) is 7.71. The molecule has 0 N–H and O–H groups in total. The zero-order valence-electron chi connectivity index (χ0n) is 28.2. The van der Waals surface area contributed by atoms with Crippen LogP contribution in [-0.4, -0.2) is 16.1 Å². The molecule has 0 saturated heterocycles. The van der Waals surface area contributed by atoms with Crippen LogP contribution in [0.25, 0.3) is 66.7 Å². The highest BCUT2D eigenvalue weighted by Crippen LogP contribution is 2.39. The smallest absolute Gasteiger partial charge is 0.138 e. The van der Waals surface area contributed by atoms with Gasteiger partial charge >= 0.3 is 0 Å². The maximum Gasteiger partial charge on any atom is 0.138 e. The molecule has 0 saturated carbocycles. The Labute approximate surface area is 298 Å². The number of aromatic nitrogens is 2. The summed E-state index contributed by atoms with van der Waals surface area (Å²) in [6.45, 7) is 5.26. The fourth-order valence-corrected chi connectivity index (χ4v) is 7.24. The summed E-state index contributed by atoms with van der Waals surface area (Å²) in [5.41, 5.74) is 13.4. The standard InChI is InChI=1S/C48H35N3/c1-34-14-5-4-12-31-50(40-27-23-36(24-28-40)35-15-6-2-7-16-35)45-29-25-38(32-42(34)45)39-26-30-47-43(33-39)41-19-10-11-21-46(41)51(47)48-22-13-20-44(49-48)37-17-8-3-9-18-37/h2-30,32-33H,1,31H2/b12-4-,14-5-. The Balaban J connectivity index is 1.13. The lowest BCUT2D eigenvalue weighted by molar-refractivity contribution is 1.08. The van der Waals surface area contributed by atoms with Crippen LogP contribution in [0.3, 0.4) is 0 Å². The molecule has 0 radical (unpaired) electrons. The van der Waals surface area contributed by atoms with E-state index in [4.69, 9.17) is 4.98 Å². The lowest BCUT2D eigenvalue weighted by Gasteiger charge is -2.27. The van der Waals surface area contributed by atoms with Crippen molar-refractivity contribution >= 4 is 38.8 Å². The van der Waals surface area contributed by atoms with Gasteiger partial charge in [-0.1, -0.05) is 140 Å². The van der Waals surface area contributed by atoms with Gasteiger partial charge in [-0.25, -0.2) is 4.98 Å². The van der Waals surface area contributed by atoms with Gasteiger partial charge in [0.15, 0.2) is 0 Å². The molecule has 3 heteroatoms. The molecule has 0 atom stereocenters. The van der Waals surface area contributed by atoms with Crippen LogP contribution in [0, 0.1) is 0 Å². The van der Waals surface area contributed by atoms with Crippen LogP contribution >= 0.6 is 0 Å². The van der Waals surface area contributed by atoms with Crippen LogP contribution in [0.1, 0.15) is 5.56 Å². The molecule has 1 aliphatic heterocycles. The number of hydrogen-bond donors (Lipinski definition) is 0. The van der Waals surface area contributed by atoms with Crippen LogP contribution in [0.2, 0.25) is 0 Å². The van der Waals surface area contributed by atoms with Crippen molar-refractivity contribution in [3.05, 3.63) is 200 Å². The fraction of sp³-hybridized carbons (Fsp3) is 0.0208. The van der Waals surface area contributed by atoms with Crippen molar-refractivity contribution in [1.82, 2.24) is 9.55 Å². The average molecular weight is 654 g/mol. The van der Waals surface area contributed by atoms with Crippen molar-refractivity contribution in [2.45, 2.75) is 0 Å². The van der Waals surface area contributed by atoms with Gasteiger partial charge in [-0.3, -0.25) is 4.57 Å². The molecule has 242 valence electrons. The first kappa shape index (κ1) is 30.4. The number of benzene rings is 6. The lowest BCUT2D eigenvalue weighted by atomic mass is 9.96. The number of pyridine rings is 1. The van der Waals surface area contributed by atoms with E-state index in [1.165, 1.54) is 21.9 Å². The molecule has 0 spiro atoms. The van der Waals surface area contributed by atoms with Gasteiger partial charge in [0, 0.05) is 39.8 Å². The summed E-state index contributed by atoms with van der Waals surface area (Å²) < 4.78 is 2.28. The SMILES string of the molecule is C=C1/C=C\C=C/CN(c2ccc(-c3ccccc3)cc2)c2ccc(-c3ccc4c(c3)c3ccccc3n4-c3cccc(-c4ccccc4)n3)cc21. The Morgan fingerprint density at radius 3 is 2.00 bits per heavy atom. The maximum atomic E-state index is 5.14. The minimum Gasteiger partial charge on any atom is -0.337 e. The molecule has 0 amide bonds. The van der Waals surface area contributed by atoms with E-state index in [1.807, 2.05) is 6.07 Å². The quantitative estimate of drug-likeness (QED) is 0.184. The minimum atomic E-state index is 0.750. The summed E-state index contributed by atoms with van der Waals surface area (Å²) in [6.07, 6.45) is 8.50. The van der Waals surface area contributed by atoms with Gasteiger partial charge in [0.2, 0.25) is 0 Å². The van der Waals surface area contributed by atoms with Crippen molar-refractivity contribution in [1.29, 1.82) is 0 Å². The number of para-hydroxylation sites is 1. The molecule has 0 aliphatic carbocycles. The van der Waals surface area contributed by atoms with Gasteiger partial charge in [-0.2, -0.15) is 0 Å². The monoisotopic (exact) mass is 653 g/mol. The molecule has 51 heavy (non-hydrogen) atoms. The van der Waals surface area contributed by atoms with Crippen molar-refractivity contribution in [3.8, 4) is 39.3 Å². The third kappa shape index (κ3) is 5.65. The Bertz CT molecular complexity index is 2610. The molecule has 2 aromatic heterocycles. The van der Waals surface area contributed by atoms with Gasteiger partial charge in [-0.05, 0) is 82.4 Å². The summed E-state index contributed by atoms with van der Waals surface area (Å²) in [5.74, 6) is 0.904. The fourth-order valence-electron chi connectivity index (χ4n) is 7.24. The van der Waals surface area contributed by atoms with Gasteiger partial charge in [0.25, 0.3) is 0 Å². The maximum absolute atomic E-state index is 5.14. The molecule has 9 rings (SSSR count). The first-order valence-corrected chi connectivity index (χ1v) is 17.4. The minimum absolute atomic E-state index is 0.750. The number of allylic oxidation sites excluding steroid dienone is 4. The molecule has 0 unspecified atom stereocenters. The number of anilines is 2. The molecule has 1 aliphatic rings. The number of hydrogen-bond acceptors (Lipinski definition) is 2. The zero-order chi connectivity index (χ0) is 34.1. The van der Waals surface area contributed by atoms with Gasteiger partial charge in [-0.15, -0.1) is 0 Å². The molecule has 0 fully saturated rings. The lowest BCUT2D eigenvalue weighted by Crippen LogP contribution is -2.18. The predicted octanol–water partition coefficient (Wildman–Crippen LogP) is 12.5. The number of rotatable bonds is 5. The summed E-state index contributed by atoms with van der Waals surface area (Å²) in [7, 11) is 0. The summed E-state index contributed by atoms with van der Waals surface area (Å²) in [6, 6.07) is 58.2. The highest BCUT2D eigenvalue weighted by atomic mass is 15.1. The van der Waals surface area contributed by atoms with E-state index in [2.05, 4.69) is 198 Å². The van der Waals surface area contributed by atoms with Crippen molar-refractivity contribution in [2.75, 3.05) is 11.4 Å². The first-order chi connectivity index (χ1) is 25.2. The zero-order valence-corrected chi connectivity index (χ0v) is 28.2. The Morgan fingerprint density at radius 2 is 1.18 bits per heavy atom. The van der Waals surface area contributed by atoms with E-state index >= 15 is 0 Å². The largest absolute Gasteiger partial charge is 0.337 e. The van der Waals surface area contributed by atoms with Crippen LogP contribution < -0.4 is 4.90 Å². The third-order valence-corrected chi connectivity index (χ3v) is 9.79. The molecule has 8 aromatic rings. The van der Waals surface area contributed by atoms with Crippen molar-refractivity contribution < 1.29 is 0 Å². The normalized spacial score (nSPS) is 14.1. The van der Waals surface area contributed by atoms with Gasteiger partial charge < -0.3 is 4.90 Å². The molecule has 3 nitrogen and oxygen atoms in total.